The SMILES string of the molecule is COC(=O)C(CN)CN1C(=O)c2ccccc2C1=O. The summed E-state index contributed by atoms with van der Waals surface area (Å²) in [6.45, 7) is -0.0460. The molecule has 0 spiro atoms. The second kappa shape index (κ2) is 5.19. The molecule has 1 aliphatic rings. The van der Waals surface area contributed by atoms with E-state index in [1.54, 1.807) is 24.3 Å². The van der Waals surface area contributed by atoms with E-state index in [4.69, 9.17) is 5.73 Å². The Morgan fingerprint density at radius 1 is 1.26 bits per heavy atom. The van der Waals surface area contributed by atoms with Gasteiger partial charge in [0.05, 0.1) is 24.2 Å². The van der Waals surface area contributed by atoms with Crippen molar-refractivity contribution in [2.24, 2.45) is 11.7 Å². The van der Waals surface area contributed by atoms with Gasteiger partial charge in [-0.25, -0.2) is 0 Å². The molecule has 1 atom stereocenters. The van der Waals surface area contributed by atoms with Gasteiger partial charge in [0, 0.05) is 13.1 Å². The predicted molar refractivity (Wildman–Crippen MR) is 66.4 cm³/mol. The number of nitrogens with two attached hydrogens (primary N) is 1. The summed E-state index contributed by atoms with van der Waals surface area (Å²) in [5.74, 6) is -2.03. The Kier molecular flexibility index (Phi) is 3.62. The van der Waals surface area contributed by atoms with Crippen molar-refractivity contribution in [3.05, 3.63) is 35.4 Å². The minimum atomic E-state index is -0.702. The molecule has 0 saturated heterocycles. The van der Waals surface area contributed by atoms with Crippen LogP contribution < -0.4 is 5.73 Å². The number of rotatable bonds is 4. The minimum absolute atomic E-state index is 0.0140. The van der Waals surface area contributed by atoms with E-state index in [9.17, 15) is 14.4 Å². The highest BCUT2D eigenvalue weighted by molar-refractivity contribution is 6.21. The molecule has 0 bridgehead atoms. The van der Waals surface area contributed by atoms with E-state index >= 15 is 0 Å². The lowest BCUT2D eigenvalue weighted by Crippen LogP contribution is -2.40. The summed E-state index contributed by atoms with van der Waals surface area (Å²) in [5, 5.41) is 0. The highest BCUT2D eigenvalue weighted by atomic mass is 16.5. The molecule has 6 heteroatoms. The van der Waals surface area contributed by atoms with Crippen molar-refractivity contribution in [3.8, 4) is 0 Å². The fourth-order valence-electron chi connectivity index (χ4n) is 2.04. The molecular weight excluding hydrogens is 248 g/mol. The molecule has 1 aliphatic heterocycles. The van der Waals surface area contributed by atoms with E-state index in [1.807, 2.05) is 0 Å². The van der Waals surface area contributed by atoms with E-state index in [2.05, 4.69) is 4.74 Å². The molecule has 19 heavy (non-hydrogen) atoms. The topological polar surface area (TPSA) is 89.7 Å². The fourth-order valence-corrected chi connectivity index (χ4v) is 2.04. The first-order chi connectivity index (χ1) is 9.10. The van der Waals surface area contributed by atoms with Crippen LogP contribution in [0.2, 0.25) is 0 Å². The Balaban J connectivity index is 2.22. The normalized spacial score (nSPS) is 15.4. The second-order valence-corrected chi connectivity index (χ2v) is 4.22. The van der Waals surface area contributed by atoms with Crippen LogP contribution in [0.1, 0.15) is 20.7 Å². The van der Waals surface area contributed by atoms with Crippen molar-refractivity contribution in [2.45, 2.75) is 0 Å². The zero-order chi connectivity index (χ0) is 14.0. The third-order valence-corrected chi connectivity index (χ3v) is 3.10. The van der Waals surface area contributed by atoms with Gasteiger partial charge in [0.15, 0.2) is 0 Å². The zero-order valence-electron chi connectivity index (χ0n) is 10.5. The van der Waals surface area contributed by atoms with Gasteiger partial charge in [-0.3, -0.25) is 19.3 Å². The number of imide groups is 1. The van der Waals surface area contributed by atoms with Gasteiger partial charge < -0.3 is 10.5 Å². The number of methoxy groups -OCH3 is 1. The zero-order valence-corrected chi connectivity index (χ0v) is 10.5. The Bertz CT molecular complexity index is 506. The molecule has 100 valence electrons. The summed E-state index contributed by atoms with van der Waals surface area (Å²) in [4.78, 5) is 36.7. The molecule has 0 saturated carbocycles. The number of ether oxygens (including phenoxy) is 1. The standard InChI is InChI=1S/C13H14N2O4/c1-19-13(18)8(6-14)7-15-11(16)9-4-2-3-5-10(9)12(15)17/h2-5,8H,6-7,14H2,1H3. The molecule has 1 aromatic carbocycles. The number of amides is 2. The van der Waals surface area contributed by atoms with Crippen molar-refractivity contribution in [1.29, 1.82) is 0 Å². The summed E-state index contributed by atoms with van der Waals surface area (Å²) >= 11 is 0. The summed E-state index contributed by atoms with van der Waals surface area (Å²) in [6.07, 6.45) is 0. The molecule has 0 fully saturated rings. The highest BCUT2D eigenvalue weighted by Gasteiger charge is 2.37. The van der Waals surface area contributed by atoms with Crippen LogP contribution in [0.25, 0.3) is 0 Å². The number of benzene rings is 1. The van der Waals surface area contributed by atoms with Crippen LogP contribution in [0.5, 0.6) is 0 Å². The summed E-state index contributed by atoms with van der Waals surface area (Å²) in [5.41, 5.74) is 6.18. The van der Waals surface area contributed by atoms with E-state index in [0.29, 0.717) is 11.1 Å². The Labute approximate surface area is 110 Å². The summed E-state index contributed by atoms with van der Waals surface area (Å²) < 4.78 is 4.59. The van der Waals surface area contributed by atoms with Gasteiger partial charge in [-0.2, -0.15) is 0 Å². The smallest absolute Gasteiger partial charge is 0.311 e. The fraction of sp³-hybridized carbons (Fsp3) is 0.308. The van der Waals surface area contributed by atoms with Crippen LogP contribution in [0.3, 0.4) is 0 Å². The van der Waals surface area contributed by atoms with Gasteiger partial charge in [-0.05, 0) is 12.1 Å². The Morgan fingerprint density at radius 2 is 1.79 bits per heavy atom. The number of hydrogen-bond acceptors (Lipinski definition) is 5. The Hall–Kier alpha value is -2.21. The monoisotopic (exact) mass is 262 g/mol. The van der Waals surface area contributed by atoms with Crippen LogP contribution in [0.4, 0.5) is 0 Å². The summed E-state index contributed by atoms with van der Waals surface area (Å²) in [6, 6.07) is 6.55. The maximum Gasteiger partial charge on any atom is 0.311 e. The van der Waals surface area contributed by atoms with Gasteiger partial charge in [-0.15, -0.1) is 0 Å². The van der Waals surface area contributed by atoms with Gasteiger partial charge in [0.25, 0.3) is 11.8 Å². The predicted octanol–water partition coefficient (Wildman–Crippen LogP) is 0.0305. The number of hydrogen-bond donors (Lipinski definition) is 1. The second-order valence-electron chi connectivity index (χ2n) is 4.22. The lowest BCUT2D eigenvalue weighted by molar-refractivity contribution is -0.145. The van der Waals surface area contributed by atoms with E-state index in [1.165, 1.54) is 7.11 Å². The van der Waals surface area contributed by atoms with Crippen LogP contribution >= 0.6 is 0 Å². The van der Waals surface area contributed by atoms with Crippen molar-refractivity contribution >= 4 is 17.8 Å². The van der Waals surface area contributed by atoms with Crippen LogP contribution in [-0.2, 0) is 9.53 Å². The number of carbonyl (C=O) groups is 3. The van der Waals surface area contributed by atoms with Crippen molar-refractivity contribution in [2.75, 3.05) is 20.2 Å². The average molecular weight is 262 g/mol. The van der Waals surface area contributed by atoms with E-state index < -0.39 is 23.7 Å². The number of esters is 1. The number of carbonyl (C=O) groups excluding carboxylic acids is 3. The molecule has 1 unspecified atom stereocenters. The summed E-state index contributed by atoms with van der Waals surface area (Å²) in [7, 11) is 1.24. The van der Waals surface area contributed by atoms with Gasteiger partial charge in [-0.1, -0.05) is 12.1 Å². The molecule has 0 aliphatic carbocycles. The number of nitrogens with zero attached hydrogens (tertiary/aromatic N) is 1. The van der Waals surface area contributed by atoms with Crippen LogP contribution in [-0.4, -0.2) is 42.9 Å². The van der Waals surface area contributed by atoms with E-state index in [0.717, 1.165) is 4.90 Å². The third-order valence-electron chi connectivity index (χ3n) is 3.10. The lowest BCUT2D eigenvalue weighted by Gasteiger charge is -2.19. The molecule has 2 rings (SSSR count). The molecule has 2 N–H and O–H groups in total. The van der Waals surface area contributed by atoms with Crippen LogP contribution in [0.15, 0.2) is 24.3 Å². The largest absolute Gasteiger partial charge is 0.469 e. The quantitative estimate of drug-likeness (QED) is 0.610. The Morgan fingerprint density at radius 3 is 2.21 bits per heavy atom. The number of fused-ring (bicyclic) bond motifs is 1. The van der Waals surface area contributed by atoms with Crippen molar-refractivity contribution in [3.63, 3.8) is 0 Å². The van der Waals surface area contributed by atoms with Gasteiger partial charge in [0.1, 0.15) is 0 Å². The molecule has 0 aromatic heterocycles. The first-order valence-electron chi connectivity index (χ1n) is 5.83. The molecule has 6 nitrogen and oxygen atoms in total. The van der Waals surface area contributed by atoms with Gasteiger partial charge >= 0.3 is 5.97 Å². The molecule has 1 heterocycles. The van der Waals surface area contributed by atoms with Crippen molar-refractivity contribution in [1.82, 2.24) is 4.90 Å². The third kappa shape index (κ3) is 2.22. The lowest BCUT2D eigenvalue weighted by atomic mass is 10.1. The highest BCUT2D eigenvalue weighted by Crippen LogP contribution is 2.23. The van der Waals surface area contributed by atoms with Gasteiger partial charge in [0.2, 0.25) is 0 Å². The first kappa shape index (κ1) is 13.2. The molecule has 2 amide bonds. The maximum absolute atomic E-state index is 12.1. The maximum atomic E-state index is 12.1. The van der Waals surface area contributed by atoms with Crippen molar-refractivity contribution < 1.29 is 19.1 Å². The molecule has 1 aromatic rings. The first-order valence-corrected chi connectivity index (χ1v) is 5.83. The van der Waals surface area contributed by atoms with Crippen LogP contribution in [0, 0.1) is 5.92 Å². The van der Waals surface area contributed by atoms with E-state index in [-0.39, 0.29) is 13.1 Å². The minimum Gasteiger partial charge on any atom is -0.469 e. The molecule has 0 radical (unpaired) electrons. The average Bonchev–Trinajstić information content (AvgIpc) is 2.68. The molecular formula is C13H14N2O4.